The summed E-state index contributed by atoms with van der Waals surface area (Å²) in [4.78, 5) is 9.59. The molecule has 3 rings (SSSR count). The molecule has 116 valence electrons. The Kier molecular flexibility index (Phi) is 4.89. The molecule has 0 aromatic carbocycles. The third-order valence-electron chi connectivity index (χ3n) is 4.98. The van der Waals surface area contributed by atoms with E-state index < -0.39 is 0 Å². The van der Waals surface area contributed by atoms with Crippen LogP contribution in [0.3, 0.4) is 0 Å². The van der Waals surface area contributed by atoms with E-state index in [1.807, 2.05) is 0 Å². The van der Waals surface area contributed by atoms with Crippen molar-refractivity contribution in [1.82, 2.24) is 15.3 Å². The molecule has 21 heavy (non-hydrogen) atoms. The third-order valence-corrected chi connectivity index (χ3v) is 4.98. The SMILES string of the molecule is CCCC1CCC(c2nc(C)cc(CNC3CC3)n2)CC1. The summed E-state index contributed by atoms with van der Waals surface area (Å²) in [5.41, 5.74) is 2.31. The van der Waals surface area contributed by atoms with Gasteiger partial charge in [0.2, 0.25) is 0 Å². The zero-order chi connectivity index (χ0) is 14.7. The maximum absolute atomic E-state index is 4.85. The van der Waals surface area contributed by atoms with Gasteiger partial charge in [0, 0.05) is 24.2 Å². The van der Waals surface area contributed by atoms with E-state index in [0.717, 1.165) is 30.0 Å². The fraction of sp³-hybridized carbons (Fsp3) is 0.778. The molecule has 0 spiro atoms. The molecule has 2 aliphatic rings. The Balaban J connectivity index is 1.61. The van der Waals surface area contributed by atoms with Crippen LogP contribution in [0.5, 0.6) is 0 Å². The van der Waals surface area contributed by atoms with Crippen molar-refractivity contribution in [3.8, 4) is 0 Å². The van der Waals surface area contributed by atoms with Crippen LogP contribution >= 0.6 is 0 Å². The highest BCUT2D eigenvalue weighted by Crippen LogP contribution is 2.36. The van der Waals surface area contributed by atoms with Crippen molar-refractivity contribution in [3.63, 3.8) is 0 Å². The summed E-state index contributed by atoms with van der Waals surface area (Å²) in [5, 5.41) is 3.56. The van der Waals surface area contributed by atoms with Gasteiger partial charge in [-0.25, -0.2) is 9.97 Å². The normalized spacial score (nSPS) is 26.0. The predicted molar refractivity (Wildman–Crippen MR) is 86.2 cm³/mol. The summed E-state index contributed by atoms with van der Waals surface area (Å²) in [6.07, 6.45) is 10.7. The standard InChI is InChI=1S/C18H29N3/c1-3-4-14-5-7-15(8-6-14)18-20-13(2)11-17(21-18)12-19-16-9-10-16/h11,14-16,19H,3-10,12H2,1-2H3. The van der Waals surface area contributed by atoms with E-state index in [2.05, 4.69) is 25.2 Å². The van der Waals surface area contributed by atoms with E-state index >= 15 is 0 Å². The maximum atomic E-state index is 4.85. The number of hydrogen-bond donors (Lipinski definition) is 1. The fourth-order valence-corrected chi connectivity index (χ4v) is 3.59. The first-order valence-electron chi connectivity index (χ1n) is 8.82. The first-order valence-corrected chi connectivity index (χ1v) is 8.82. The van der Waals surface area contributed by atoms with Gasteiger partial charge in [-0.15, -0.1) is 0 Å². The molecule has 1 heterocycles. The van der Waals surface area contributed by atoms with E-state index in [0.29, 0.717) is 5.92 Å². The van der Waals surface area contributed by atoms with Crippen molar-refractivity contribution in [2.24, 2.45) is 5.92 Å². The van der Waals surface area contributed by atoms with E-state index in [1.165, 1.54) is 57.1 Å². The number of aromatic nitrogens is 2. The van der Waals surface area contributed by atoms with Crippen LogP contribution in [0.4, 0.5) is 0 Å². The molecule has 1 aromatic rings. The van der Waals surface area contributed by atoms with Gasteiger partial charge in [-0.3, -0.25) is 0 Å². The quantitative estimate of drug-likeness (QED) is 0.855. The van der Waals surface area contributed by atoms with Crippen molar-refractivity contribution in [3.05, 3.63) is 23.3 Å². The highest BCUT2D eigenvalue weighted by atomic mass is 15.0. The predicted octanol–water partition coefficient (Wildman–Crippen LogP) is 4.11. The summed E-state index contributed by atoms with van der Waals surface area (Å²) in [6, 6.07) is 2.88. The molecule has 0 amide bonds. The van der Waals surface area contributed by atoms with E-state index in [1.54, 1.807) is 0 Å². The second-order valence-electron chi connectivity index (χ2n) is 7.02. The van der Waals surface area contributed by atoms with Crippen LogP contribution in [0.1, 0.15) is 81.4 Å². The maximum Gasteiger partial charge on any atom is 0.131 e. The van der Waals surface area contributed by atoms with Gasteiger partial charge in [-0.05, 0) is 57.4 Å². The minimum atomic E-state index is 0.595. The van der Waals surface area contributed by atoms with Gasteiger partial charge in [-0.1, -0.05) is 19.8 Å². The molecule has 0 unspecified atom stereocenters. The minimum Gasteiger partial charge on any atom is -0.308 e. The fourth-order valence-electron chi connectivity index (χ4n) is 3.59. The van der Waals surface area contributed by atoms with Crippen LogP contribution in [0.2, 0.25) is 0 Å². The van der Waals surface area contributed by atoms with Crippen molar-refractivity contribution in [1.29, 1.82) is 0 Å². The van der Waals surface area contributed by atoms with Crippen LogP contribution in [0.25, 0.3) is 0 Å². The summed E-state index contributed by atoms with van der Waals surface area (Å²) < 4.78 is 0. The van der Waals surface area contributed by atoms with Gasteiger partial charge >= 0.3 is 0 Å². The molecule has 0 saturated heterocycles. The zero-order valence-electron chi connectivity index (χ0n) is 13.6. The summed E-state index contributed by atoms with van der Waals surface area (Å²) >= 11 is 0. The van der Waals surface area contributed by atoms with Gasteiger partial charge in [0.05, 0.1) is 5.69 Å². The Morgan fingerprint density at radius 2 is 1.86 bits per heavy atom. The van der Waals surface area contributed by atoms with Gasteiger partial charge in [0.25, 0.3) is 0 Å². The molecule has 3 nitrogen and oxygen atoms in total. The van der Waals surface area contributed by atoms with Crippen molar-refractivity contribution in [2.75, 3.05) is 0 Å². The van der Waals surface area contributed by atoms with Crippen LogP contribution in [-0.2, 0) is 6.54 Å². The molecule has 3 heteroatoms. The smallest absolute Gasteiger partial charge is 0.131 e. The number of nitrogens with zero attached hydrogens (tertiary/aromatic N) is 2. The number of aryl methyl sites for hydroxylation is 1. The molecule has 2 fully saturated rings. The van der Waals surface area contributed by atoms with Crippen molar-refractivity contribution in [2.45, 2.75) is 83.7 Å². The highest BCUT2D eigenvalue weighted by molar-refractivity contribution is 5.13. The first-order chi connectivity index (χ1) is 10.2. The highest BCUT2D eigenvalue weighted by Gasteiger charge is 2.24. The average Bonchev–Trinajstić information content (AvgIpc) is 3.30. The molecular weight excluding hydrogens is 258 g/mol. The molecular formula is C18H29N3. The number of hydrogen-bond acceptors (Lipinski definition) is 3. The Morgan fingerprint density at radius 1 is 1.10 bits per heavy atom. The zero-order valence-corrected chi connectivity index (χ0v) is 13.6. The largest absolute Gasteiger partial charge is 0.308 e. The topological polar surface area (TPSA) is 37.8 Å². The van der Waals surface area contributed by atoms with E-state index in [-0.39, 0.29) is 0 Å². The van der Waals surface area contributed by atoms with Crippen LogP contribution in [0, 0.1) is 12.8 Å². The van der Waals surface area contributed by atoms with Crippen molar-refractivity contribution < 1.29 is 0 Å². The molecule has 2 saturated carbocycles. The lowest BCUT2D eigenvalue weighted by Gasteiger charge is -2.27. The lowest BCUT2D eigenvalue weighted by Crippen LogP contribution is -2.19. The third kappa shape index (κ3) is 4.26. The van der Waals surface area contributed by atoms with Gasteiger partial charge in [0.1, 0.15) is 5.82 Å². The van der Waals surface area contributed by atoms with Gasteiger partial charge in [0.15, 0.2) is 0 Å². The van der Waals surface area contributed by atoms with Gasteiger partial charge < -0.3 is 5.32 Å². The summed E-state index contributed by atoms with van der Waals surface area (Å²) in [5.74, 6) is 2.65. The summed E-state index contributed by atoms with van der Waals surface area (Å²) in [7, 11) is 0. The molecule has 1 aromatic heterocycles. The lowest BCUT2D eigenvalue weighted by molar-refractivity contribution is 0.301. The molecule has 2 aliphatic carbocycles. The Bertz CT molecular complexity index is 460. The molecule has 0 aliphatic heterocycles. The number of nitrogens with one attached hydrogen (secondary N) is 1. The summed E-state index contributed by atoms with van der Waals surface area (Å²) in [6.45, 7) is 5.32. The minimum absolute atomic E-state index is 0.595. The molecule has 0 atom stereocenters. The Labute approximate surface area is 129 Å². The Morgan fingerprint density at radius 3 is 2.52 bits per heavy atom. The number of rotatable bonds is 6. The first kappa shape index (κ1) is 15.0. The van der Waals surface area contributed by atoms with Crippen molar-refractivity contribution >= 4 is 0 Å². The van der Waals surface area contributed by atoms with Crippen LogP contribution in [0.15, 0.2) is 6.07 Å². The molecule has 1 N–H and O–H groups in total. The van der Waals surface area contributed by atoms with Gasteiger partial charge in [-0.2, -0.15) is 0 Å². The second kappa shape index (κ2) is 6.87. The van der Waals surface area contributed by atoms with Crippen LogP contribution < -0.4 is 5.32 Å². The van der Waals surface area contributed by atoms with Crippen LogP contribution in [-0.4, -0.2) is 16.0 Å². The molecule has 0 bridgehead atoms. The lowest BCUT2D eigenvalue weighted by atomic mass is 9.79. The molecule has 0 radical (unpaired) electrons. The van der Waals surface area contributed by atoms with E-state index in [9.17, 15) is 0 Å². The Hall–Kier alpha value is -0.960. The average molecular weight is 287 g/mol. The second-order valence-corrected chi connectivity index (χ2v) is 7.02. The monoisotopic (exact) mass is 287 g/mol. The van der Waals surface area contributed by atoms with E-state index in [4.69, 9.17) is 9.97 Å².